The summed E-state index contributed by atoms with van der Waals surface area (Å²) in [7, 11) is 0. The van der Waals surface area contributed by atoms with Gasteiger partial charge in [0.05, 0.1) is 11.2 Å². The monoisotopic (exact) mass is 291 g/mol. The zero-order valence-corrected chi connectivity index (χ0v) is 11.5. The number of hydrogen-bond acceptors (Lipinski definition) is 4. The van der Waals surface area contributed by atoms with Crippen LogP contribution in [-0.2, 0) is 0 Å². The van der Waals surface area contributed by atoms with E-state index in [1.165, 1.54) is 6.26 Å². The number of pyridine rings is 1. The van der Waals surface area contributed by atoms with Crippen LogP contribution in [0, 0.1) is 5.92 Å². The molecule has 2 aliphatic rings. The first-order chi connectivity index (χ1) is 9.70. The second kappa shape index (κ2) is 4.46. The molecule has 104 valence electrons. The molecule has 6 heteroatoms. The summed E-state index contributed by atoms with van der Waals surface area (Å²) in [5.74, 6) is 0.409. The first-order valence-electron chi connectivity index (χ1n) is 6.77. The van der Waals surface area contributed by atoms with Gasteiger partial charge in [0.2, 0.25) is 0 Å². The van der Waals surface area contributed by atoms with Crippen molar-refractivity contribution in [3.63, 3.8) is 0 Å². The second-order valence-electron chi connectivity index (χ2n) is 5.57. The first-order valence-corrected chi connectivity index (χ1v) is 7.15. The molecule has 1 saturated carbocycles. The van der Waals surface area contributed by atoms with Crippen molar-refractivity contribution in [2.45, 2.75) is 24.9 Å². The summed E-state index contributed by atoms with van der Waals surface area (Å²) in [6.07, 6.45) is 5.16. The van der Waals surface area contributed by atoms with Crippen LogP contribution < -0.4 is 10.6 Å². The van der Waals surface area contributed by atoms with E-state index in [-0.39, 0.29) is 11.9 Å². The zero-order valence-electron chi connectivity index (χ0n) is 10.7. The Bertz CT molecular complexity index is 684. The lowest BCUT2D eigenvalue weighted by Gasteiger charge is -2.23. The van der Waals surface area contributed by atoms with Crippen LogP contribution >= 0.6 is 11.6 Å². The van der Waals surface area contributed by atoms with Gasteiger partial charge in [-0.15, -0.1) is 0 Å². The molecule has 1 aliphatic heterocycles. The third kappa shape index (κ3) is 1.89. The van der Waals surface area contributed by atoms with Crippen LogP contribution in [0.5, 0.6) is 0 Å². The molecule has 2 N–H and O–H groups in total. The number of carbonyl (C=O) groups excluding carboxylic acids is 1. The quantitative estimate of drug-likeness (QED) is 0.888. The normalized spacial score (nSPS) is 28.1. The summed E-state index contributed by atoms with van der Waals surface area (Å²) in [5, 5.41) is 7.74. The molecule has 1 aliphatic carbocycles. The van der Waals surface area contributed by atoms with Crippen LogP contribution in [-0.4, -0.2) is 29.5 Å². The molecule has 2 fully saturated rings. The molecule has 3 heterocycles. The van der Waals surface area contributed by atoms with Gasteiger partial charge < -0.3 is 15.1 Å². The van der Waals surface area contributed by atoms with Gasteiger partial charge in [-0.1, -0.05) is 11.6 Å². The summed E-state index contributed by atoms with van der Waals surface area (Å²) < 4.78 is 5.22. The third-order valence-electron chi connectivity index (χ3n) is 4.33. The number of piperidine rings is 1. The fourth-order valence-corrected chi connectivity index (χ4v) is 3.47. The number of amides is 1. The van der Waals surface area contributed by atoms with Crippen molar-refractivity contribution in [3.8, 4) is 0 Å². The van der Waals surface area contributed by atoms with Gasteiger partial charge in [0.25, 0.3) is 5.91 Å². The predicted molar refractivity (Wildman–Crippen MR) is 74.8 cm³/mol. The van der Waals surface area contributed by atoms with Crippen LogP contribution in [0.2, 0.25) is 5.02 Å². The van der Waals surface area contributed by atoms with E-state index in [4.69, 9.17) is 16.0 Å². The van der Waals surface area contributed by atoms with Crippen molar-refractivity contribution in [1.82, 2.24) is 15.6 Å². The maximum atomic E-state index is 12.3. The molecular weight excluding hydrogens is 278 g/mol. The van der Waals surface area contributed by atoms with Crippen LogP contribution in [0.25, 0.3) is 11.0 Å². The Morgan fingerprint density at radius 3 is 3.15 bits per heavy atom. The Morgan fingerprint density at radius 2 is 2.40 bits per heavy atom. The Labute approximate surface area is 120 Å². The molecule has 20 heavy (non-hydrogen) atoms. The number of halogens is 1. The highest BCUT2D eigenvalue weighted by Crippen LogP contribution is 2.31. The topological polar surface area (TPSA) is 67.2 Å². The Morgan fingerprint density at radius 1 is 1.50 bits per heavy atom. The number of aromatic nitrogens is 1. The molecule has 0 spiro atoms. The van der Waals surface area contributed by atoms with Crippen molar-refractivity contribution in [2.24, 2.45) is 5.92 Å². The summed E-state index contributed by atoms with van der Waals surface area (Å²) in [4.78, 5) is 16.4. The number of hydrogen-bond donors (Lipinski definition) is 2. The second-order valence-corrected chi connectivity index (χ2v) is 5.97. The van der Waals surface area contributed by atoms with Gasteiger partial charge in [0.1, 0.15) is 12.0 Å². The molecule has 2 bridgehead atoms. The van der Waals surface area contributed by atoms with Gasteiger partial charge >= 0.3 is 0 Å². The van der Waals surface area contributed by atoms with E-state index in [0.717, 1.165) is 24.8 Å². The SMILES string of the molecule is O=C(NC1CC2CC1CN2)c1cc2c(Cl)coc2cn1. The number of rotatable bonds is 2. The van der Waals surface area contributed by atoms with Crippen molar-refractivity contribution in [2.75, 3.05) is 6.54 Å². The largest absolute Gasteiger partial charge is 0.461 e. The standard InChI is InChI=1S/C14H14ClN3O2/c15-10-6-20-13-5-17-12(3-9(10)13)14(19)18-11-2-8-1-7(11)4-16-8/h3,5-8,11,16H,1-2,4H2,(H,18,19). The van der Waals surface area contributed by atoms with E-state index < -0.39 is 0 Å². The lowest BCUT2D eigenvalue weighted by atomic mass is 10.0. The highest BCUT2D eigenvalue weighted by atomic mass is 35.5. The number of fused-ring (bicyclic) bond motifs is 3. The van der Waals surface area contributed by atoms with Gasteiger partial charge in [0, 0.05) is 24.0 Å². The minimum Gasteiger partial charge on any atom is -0.461 e. The minimum atomic E-state index is -0.137. The maximum Gasteiger partial charge on any atom is 0.270 e. The third-order valence-corrected chi connectivity index (χ3v) is 4.62. The number of nitrogens with zero attached hydrogens (tertiary/aromatic N) is 1. The Kier molecular flexibility index (Phi) is 2.72. The summed E-state index contributed by atoms with van der Waals surface area (Å²) >= 11 is 6.01. The van der Waals surface area contributed by atoms with Gasteiger partial charge in [-0.2, -0.15) is 0 Å². The molecule has 3 atom stereocenters. The van der Waals surface area contributed by atoms with Crippen LogP contribution in [0.4, 0.5) is 0 Å². The molecular formula is C14H14ClN3O2. The van der Waals surface area contributed by atoms with E-state index in [1.54, 1.807) is 12.3 Å². The van der Waals surface area contributed by atoms with E-state index in [0.29, 0.717) is 28.3 Å². The molecule has 1 saturated heterocycles. The molecule has 5 nitrogen and oxygen atoms in total. The van der Waals surface area contributed by atoms with Crippen LogP contribution in [0.15, 0.2) is 22.9 Å². The van der Waals surface area contributed by atoms with Crippen LogP contribution in [0.3, 0.4) is 0 Å². The van der Waals surface area contributed by atoms with Crippen molar-refractivity contribution in [1.29, 1.82) is 0 Å². The van der Waals surface area contributed by atoms with Crippen molar-refractivity contribution >= 4 is 28.5 Å². The maximum absolute atomic E-state index is 12.3. The molecule has 0 aromatic carbocycles. The summed E-state index contributed by atoms with van der Waals surface area (Å²) in [6.45, 7) is 0.996. The fraction of sp³-hybridized carbons (Fsp3) is 0.429. The average Bonchev–Trinajstić information content (AvgIpc) is 3.15. The predicted octanol–water partition coefficient (Wildman–Crippen LogP) is 1.96. The summed E-state index contributed by atoms with van der Waals surface area (Å²) in [6, 6.07) is 2.50. The van der Waals surface area contributed by atoms with E-state index >= 15 is 0 Å². The number of carbonyl (C=O) groups is 1. The lowest BCUT2D eigenvalue weighted by Crippen LogP contribution is -2.44. The highest BCUT2D eigenvalue weighted by molar-refractivity contribution is 6.35. The van der Waals surface area contributed by atoms with Gasteiger partial charge in [-0.05, 0) is 24.8 Å². The van der Waals surface area contributed by atoms with E-state index in [9.17, 15) is 4.79 Å². The minimum absolute atomic E-state index is 0.137. The van der Waals surface area contributed by atoms with Gasteiger partial charge in [-0.3, -0.25) is 4.79 Å². The molecule has 2 aromatic heterocycles. The van der Waals surface area contributed by atoms with E-state index in [1.807, 2.05) is 0 Å². The molecule has 4 rings (SSSR count). The van der Waals surface area contributed by atoms with Crippen LogP contribution in [0.1, 0.15) is 23.3 Å². The number of nitrogens with one attached hydrogen (secondary N) is 2. The van der Waals surface area contributed by atoms with Crippen molar-refractivity contribution < 1.29 is 9.21 Å². The highest BCUT2D eigenvalue weighted by Gasteiger charge is 2.40. The summed E-state index contributed by atoms with van der Waals surface area (Å²) in [5.41, 5.74) is 0.979. The first kappa shape index (κ1) is 12.2. The number of furan rings is 1. The average molecular weight is 292 g/mol. The van der Waals surface area contributed by atoms with Crippen molar-refractivity contribution in [3.05, 3.63) is 29.2 Å². The van der Waals surface area contributed by atoms with E-state index in [2.05, 4.69) is 15.6 Å². The molecule has 1 amide bonds. The molecule has 0 radical (unpaired) electrons. The van der Waals surface area contributed by atoms with Gasteiger partial charge in [-0.25, -0.2) is 4.98 Å². The molecule has 3 unspecified atom stereocenters. The smallest absolute Gasteiger partial charge is 0.270 e. The van der Waals surface area contributed by atoms with Gasteiger partial charge in [0.15, 0.2) is 5.58 Å². The molecule has 2 aromatic rings. The fourth-order valence-electron chi connectivity index (χ4n) is 3.28. The Balaban J connectivity index is 1.56. The zero-order chi connectivity index (χ0) is 13.7. The Hall–Kier alpha value is -1.59. The lowest BCUT2D eigenvalue weighted by molar-refractivity contribution is 0.0920.